The first-order valence-corrected chi connectivity index (χ1v) is 3.30. The lowest BCUT2D eigenvalue weighted by atomic mass is 10.1. The first kappa shape index (κ1) is 5.89. The van der Waals surface area contributed by atoms with E-state index in [0.717, 1.165) is 5.56 Å². The van der Waals surface area contributed by atoms with Gasteiger partial charge in [0.15, 0.2) is 0 Å². The Bertz CT molecular complexity index is 197. The van der Waals surface area contributed by atoms with Crippen molar-refractivity contribution in [3.63, 3.8) is 0 Å². The Hall–Kier alpha value is -0.860. The van der Waals surface area contributed by atoms with Gasteiger partial charge in [-0.2, -0.15) is 0 Å². The predicted molar refractivity (Wildman–Crippen MR) is 42.4 cm³/mol. The van der Waals surface area contributed by atoms with Crippen molar-refractivity contribution in [3.05, 3.63) is 35.9 Å². The molecule has 0 aliphatic rings. The molecule has 0 saturated heterocycles. The van der Waals surface area contributed by atoms with Crippen LogP contribution in [0.25, 0.3) is 0 Å². The average molecular weight is 137 g/mol. The molecule has 2 nitrogen and oxygen atoms in total. The maximum absolute atomic E-state index is 6.97. The van der Waals surface area contributed by atoms with Crippen LogP contribution in [0.5, 0.6) is 0 Å². The lowest BCUT2D eigenvalue weighted by Gasteiger charge is -2.06. The van der Waals surface area contributed by atoms with Crippen molar-refractivity contribution < 1.29 is 1.41 Å². The Labute approximate surface area is 62.3 Å². The highest BCUT2D eigenvalue weighted by molar-refractivity contribution is 5.18. The first-order chi connectivity index (χ1) is 5.38. The molecule has 0 fully saturated rings. The zero-order valence-electron chi connectivity index (χ0n) is 6.75. The Morgan fingerprint density at radius 1 is 1.40 bits per heavy atom. The molecule has 1 aromatic rings. The van der Waals surface area contributed by atoms with E-state index in [1.165, 1.54) is 0 Å². The highest BCUT2D eigenvalue weighted by Gasteiger charge is 1.99. The van der Waals surface area contributed by atoms with Gasteiger partial charge in [0.05, 0.1) is 0 Å². The van der Waals surface area contributed by atoms with Gasteiger partial charge in [-0.1, -0.05) is 30.3 Å². The molecule has 0 saturated carbocycles. The molecule has 0 amide bonds. The minimum atomic E-state index is -0.0452. The van der Waals surface area contributed by atoms with E-state index in [9.17, 15) is 0 Å². The van der Waals surface area contributed by atoms with E-state index in [1.807, 2.05) is 30.3 Å². The number of nitrogens with two attached hydrogens (primary N) is 2. The number of hydrogen-bond donors (Lipinski definition) is 2. The van der Waals surface area contributed by atoms with Gasteiger partial charge in [-0.15, -0.1) is 0 Å². The van der Waals surface area contributed by atoms with Crippen LogP contribution < -0.4 is 11.5 Å². The fourth-order valence-electron chi connectivity index (χ4n) is 0.821. The van der Waals surface area contributed by atoms with Gasteiger partial charge < -0.3 is 11.5 Å². The van der Waals surface area contributed by atoms with Gasteiger partial charge in [0.1, 0.15) is 1.41 Å². The van der Waals surface area contributed by atoms with E-state index in [2.05, 4.69) is 5.73 Å². The minimum absolute atomic E-state index is 0.0452. The summed E-state index contributed by atoms with van der Waals surface area (Å²) in [6, 6.07) is 9.69. The van der Waals surface area contributed by atoms with Crippen LogP contribution >= 0.6 is 0 Å². The van der Waals surface area contributed by atoms with Crippen LogP contribution in [0, 0.1) is 0 Å². The van der Waals surface area contributed by atoms with E-state index >= 15 is 0 Å². The third kappa shape index (κ3) is 1.56. The first-order valence-electron chi connectivity index (χ1n) is 3.80. The molecule has 0 radical (unpaired) electrons. The van der Waals surface area contributed by atoms with Gasteiger partial charge in [0, 0.05) is 12.6 Å². The van der Waals surface area contributed by atoms with Crippen molar-refractivity contribution >= 4 is 0 Å². The lowest BCUT2D eigenvalue weighted by Crippen LogP contribution is -2.20. The molecule has 0 aliphatic heterocycles. The summed E-state index contributed by atoms with van der Waals surface area (Å²) in [5.74, 6) is 0. The third-order valence-electron chi connectivity index (χ3n) is 1.44. The summed E-state index contributed by atoms with van der Waals surface area (Å²) in [7, 11) is 0. The SMILES string of the molecule is [2H]N[C@H](CN)c1ccccc1. The van der Waals surface area contributed by atoms with E-state index in [1.54, 1.807) is 0 Å². The summed E-state index contributed by atoms with van der Waals surface area (Å²) >= 11 is 0. The highest BCUT2D eigenvalue weighted by atomic mass is 14.7. The standard InChI is InChI=1S/C8H12N2/c9-6-8(10)7-4-2-1-3-5-7/h1-5,8H,6,9-10H2/t8-/m1/s1/i/hD. The van der Waals surface area contributed by atoms with Gasteiger partial charge in [0.25, 0.3) is 0 Å². The van der Waals surface area contributed by atoms with Gasteiger partial charge in [-0.05, 0) is 5.56 Å². The normalized spacial score (nSPS) is 14.3. The van der Waals surface area contributed by atoms with Crippen LogP contribution in [0.1, 0.15) is 11.6 Å². The maximum Gasteiger partial charge on any atom is 0.119 e. The minimum Gasteiger partial charge on any atom is -0.329 e. The number of rotatable bonds is 3. The molecule has 0 aliphatic carbocycles. The summed E-state index contributed by atoms with van der Waals surface area (Å²) in [5, 5.41) is 0. The zero-order chi connectivity index (χ0) is 8.10. The van der Waals surface area contributed by atoms with Crippen molar-refractivity contribution in [2.45, 2.75) is 6.04 Å². The van der Waals surface area contributed by atoms with Gasteiger partial charge in [0.2, 0.25) is 0 Å². The summed E-state index contributed by atoms with van der Waals surface area (Å²) in [6.45, 7) is 0.452. The molecule has 54 valence electrons. The van der Waals surface area contributed by atoms with E-state index in [0.29, 0.717) is 6.54 Å². The quantitative estimate of drug-likeness (QED) is 0.642. The second kappa shape index (κ2) is 3.34. The summed E-state index contributed by atoms with van der Waals surface area (Å²) in [4.78, 5) is 0. The molecule has 0 aromatic heterocycles. The fraction of sp³-hybridized carbons (Fsp3) is 0.250. The van der Waals surface area contributed by atoms with Crippen LogP contribution in [0.4, 0.5) is 0 Å². The predicted octanol–water partition coefficient (Wildman–Crippen LogP) is 0.645. The molecule has 10 heavy (non-hydrogen) atoms. The number of benzene rings is 1. The molecule has 0 heterocycles. The van der Waals surface area contributed by atoms with Gasteiger partial charge in [-0.3, -0.25) is 0 Å². The summed E-state index contributed by atoms with van der Waals surface area (Å²) in [5.41, 5.74) is 8.89. The highest BCUT2D eigenvalue weighted by Crippen LogP contribution is 2.06. The topological polar surface area (TPSA) is 52.0 Å². The molecule has 1 atom stereocenters. The third-order valence-corrected chi connectivity index (χ3v) is 1.44. The van der Waals surface area contributed by atoms with Crippen molar-refractivity contribution in [3.8, 4) is 0 Å². The summed E-state index contributed by atoms with van der Waals surface area (Å²) in [6.07, 6.45) is 0. The second-order valence-corrected chi connectivity index (χ2v) is 2.20. The van der Waals surface area contributed by atoms with Crippen LogP contribution in [0.3, 0.4) is 0 Å². The van der Waals surface area contributed by atoms with Gasteiger partial charge >= 0.3 is 0 Å². The second-order valence-electron chi connectivity index (χ2n) is 2.20. The average Bonchev–Trinajstić information content (AvgIpc) is 2.09. The van der Waals surface area contributed by atoms with E-state index in [4.69, 9.17) is 7.15 Å². The van der Waals surface area contributed by atoms with Crippen LogP contribution in [-0.2, 0) is 0 Å². The Kier molecular flexibility index (Phi) is 1.97. The molecule has 0 spiro atoms. The van der Waals surface area contributed by atoms with Crippen LogP contribution in [0.2, 0.25) is 1.41 Å². The molecule has 1 aromatic carbocycles. The smallest absolute Gasteiger partial charge is 0.119 e. The molecule has 2 heteroatoms. The Balaban J connectivity index is 2.74. The molecular formula is C8H12N2. The van der Waals surface area contributed by atoms with Crippen LogP contribution in [0.15, 0.2) is 30.3 Å². The fourth-order valence-corrected chi connectivity index (χ4v) is 0.821. The summed E-state index contributed by atoms with van der Waals surface area (Å²) < 4.78 is 6.97. The van der Waals surface area contributed by atoms with Crippen LogP contribution in [-0.4, -0.2) is 6.54 Å². The monoisotopic (exact) mass is 137 g/mol. The van der Waals surface area contributed by atoms with Crippen molar-refractivity contribution in [2.75, 3.05) is 6.54 Å². The molecule has 1 rings (SSSR count). The maximum atomic E-state index is 6.97. The Morgan fingerprint density at radius 2 is 2.10 bits per heavy atom. The zero-order valence-corrected chi connectivity index (χ0v) is 5.75. The molecule has 0 unspecified atom stereocenters. The number of hydrogen-bond acceptors (Lipinski definition) is 2. The largest absolute Gasteiger partial charge is 0.329 e. The van der Waals surface area contributed by atoms with E-state index in [-0.39, 0.29) is 6.04 Å². The van der Waals surface area contributed by atoms with Crippen molar-refractivity contribution in [2.24, 2.45) is 11.5 Å². The van der Waals surface area contributed by atoms with E-state index < -0.39 is 0 Å². The molecule has 4 N–H and O–H groups in total. The van der Waals surface area contributed by atoms with Crippen molar-refractivity contribution in [1.82, 2.24) is 0 Å². The molecule has 0 bridgehead atoms. The van der Waals surface area contributed by atoms with Crippen molar-refractivity contribution in [1.29, 1.82) is 0 Å². The van der Waals surface area contributed by atoms with Gasteiger partial charge in [-0.25, -0.2) is 0 Å². The Morgan fingerprint density at radius 3 is 2.60 bits per heavy atom. The molecular weight excluding hydrogens is 124 g/mol. The lowest BCUT2D eigenvalue weighted by molar-refractivity contribution is 0.737.